The fraction of sp³-hybridized carbons (Fsp3) is 0.300. The highest BCUT2D eigenvalue weighted by Crippen LogP contribution is 2.26. The van der Waals surface area contributed by atoms with Crippen molar-refractivity contribution in [3.63, 3.8) is 0 Å². The van der Waals surface area contributed by atoms with Crippen LogP contribution in [-0.4, -0.2) is 22.8 Å². The molecule has 0 aromatic heterocycles. The summed E-state index contributed by atoms with van der Waals surface area (Å²) in [6, 6.07) is 7.32. The molecule has 1 unspecified atom stereocenters. The number of hydrogen-bond donors (Lipinski definition) is 2. The first-order chi connectivity index (χ1) is 6.65. The molecule has 0 saturated carbocycles. The number of benzene rings is 1. The van der Waals surface area contributed by atoms with Crippen LogP contribution in [-0.2, 0) is 4.79 Å². The molecule has 1 atom stereocenters. The minimum atomic E-state index is -0.903. The average Bonchev–Trinajstić information content (AvgIpc) is 2.15. The molecule has 3 nitrogen and oxygen atoms in total. The molecule has 0 aliphatic carbocycles. The van der Waals surface area contributed by atoms with Crippen LogP contribution in [0.4, 0.5) is 0 Å². The van der Waals surface area contributed by atoms with E-state index in [9.17, 15) is 4.79 Å². The lowest BCUT2D eigenvalue weighted by atomic mass is 9.97. The van der Waals surface area contributed by atoms with Gasteiger partial charge in [-0.3, -0.25) is 4.79 Å². The standard InChI is InChI=1S/C10H11BrO3/c11-9-4-2-1-3-8(9)7(6-12)5-10(13)14/h1-4,7,12H,5-6H2,(H,13,14). The van der Waals surface area contributed by atoms with Crippen molar-refractivity contribution < 1.29 is 15.0 Å². The Bertz CT molecular complexity index is 325. The van der Waals surface area contributed by atoms with Gasteiger partial charge in [-0.1, -0.05) is 34.1 Å². The smallest absolute Gasteiger partial charge is 0.304 e. The lowest BCUT2D eigenvalue weighted by Gasteiger charge is -2.13. The highest BCUT2D eigenvalue weighted by molar-refractivity contribution is 9.10. The zero-order chi connectivity index (χ0) is 10.6. The van der Waals surface area contributed by atoms with E-state index in [0.717, 1.165) is 10.0 Å². The molecule has 0 amide bonds. The first-order valence-electron chi connectivity index (χ1n) is 4.22. The van der Waals surface area contributed by atoms with Crippen molar-refractivity contribution in [2.75, 3.05) is 6.61 Å². The maximum atomic E-state index is 10.5. The van der Waals surface area contributed by atoms with Gasteiger partial charge in [0.1, 0.15) is 0 Å². The maximum Gasteiger partial charge on any atom is 0.304 e. The van der Waals surface area contributed by atoms with E-state index in [-0.39, 0.29) is 18.9 Å². The van der Waals surface area contributed by atoms with Crippen LogP contribution in [0.3, 0.4) is 0 Å². The van der Waals surface area contributed by atoms with Crippen molar-refractivity contribution >= 4 is 21.9 Å². The Hall–Kier alpha value is -0.870. The summed E-state index contributed by atoms with van der Waals surface area (Å²) in [4.78, 5) is 10.5. The minimum Gasteiger partial charge on any atom is -0.481 e. The number of aliphatic hydroxyl groups is 1. The summed E-state index contributed by atoms with van der Waals surface area (Å²) in [5.74, 6) is -1.25. The Kier molecular flexibility index (Phi) is 4.10. The van der Waals surface area contributed by atoms with E-state index in [0.29, 0.717) is 0 Å². The van der Waals surface area contributed by atoms with Gasteiger partial charge < -0.3 is 10.2 Å². The third-order valence-electron chi connectivity index (χ3n) is 1.99. The Morgan fingerprint density at radius 1 is 1.43 bits per heavy atom. The lowest BCUT2D eigenvalue weighted by molar-refractivity contribution is -0.137. The lowest BCUT2D eigenvalue weighted by Crippen LogP contribution is -2.10. The topological polar surface area (TPSA) is 57.5 Å². The molecule has 1 aromatic carbocycles. The molecule has 14 heavy (non-hydrogen) atoms. The van der Waals surface area contributed by atoms with Gasteiger partial charge in [0.25, 0.3) is 0 Å². The van der Waals surface area contributed by atoms with Crippen molar-refractivity contribution in [2.45, 2.75) is 12.3 Å². The second-order valence-corrected chi connectivity index (χ2v) is 3.85. The quantitative estimate of drug-likeness (QED) is 0.869. The van der Waals surface area contributed by atoms with Crippen LogP contribution >= 0.6 is 15.9 Å². The summed E-state index contributed by atoms with van der Waals surface area (Å²) in [6.07, 6.45) is -0.0564. The molecular formula is C10H11BrO3. The molecule has 0 spiro atoms. The molecule has 0 bridgehead atoms. The molecule has 0 aliphatic rings. The summed E-state index contributed by atoms with van der Waals surface area (Å²) < 4.78 is 0.834. The zero-order valence-electron chi connectivity index (χ0n) is 7.48. The molecule has 2 N–H and O–H groups in total. The van der Waals surface area contributed by atoms with Crippen molar-refractivity contribution in [1.29, 1.82) is 0 Å². The van der Waals surface area contributed by atoms with Gasteiger partial charge in [0.15, 0.2) is 0 Å². The fourth-order valence-electron chi connectivity index (χ4n) is 1.29. The van der Waals surface area contributed by atoms with Crippen LogP contribution in [0.15, 0.2) is 28.7 Å². The van der Waals surface area contributed by atoms with E-state index in [1.165, 1.54) is 0 Å². The van der Waals surface area contributed by atoms with Gasteiger partial charge in [-0.05, 0) is 11.6 Å². The Morgan fingerprint density at radius 3 is 2.57 bits per heavy atom. The van der Waals surface area contributed by atoms with E-state index in [4.69, 9.17) is 10.2 Å². The summed E-state index contributed by atoms with van der Waals surface area (Å²) in [5, 5.41) is 17.7. The normalized spacial score (nSPS) is 12.4. The van der Waals surface area contributed by atoms with Crippen LogP contribution in [0.25, 0.3) is 0 Å². The van der Waals surface area contributed by atoms with E-state index in [2.05, 4.69) is 15.9 Å². The second kappa shape index (κ2) is 5.12. The summed E-state index contributed by atoms with van der Waals surface area (Å²) in [5.41, 5.74) is 0.831. The van der Waals surface area contributed by atoms with Crippen LogP contribution < -0.4 is 0 Å². The molecule has 0 aliphatic heterocycles. The SMILES string of the molecule is O=C(O)CC(CO)c1ccccc1Br. The third-order valence-corrected chi connectivity index (χ3v) is 2.71. The molecule has 1 aromatic rings. The highest BCUT2D eigenvalue weighted by atomic mass is 79.9. The van der Waals surface area contributed by atoms with E-state index in [1.807, 2.05) is 24.3 Å². The largest absolute Gasteiger partial charge is 0.481 e. The van der Waals surface area contributed by atoms with Gasteiger partial charge in [-0.15, -0.1) is 0 Å². The summed E-state index contributed by atoms with van der Waals surface area (Å²) in [7, 11) is 0. The zero-order valence-corrected chi connectivity index (χ0v) is 9.07. The van der Waals surface area contributed by atoms with Gasteiger partial charge in [0, 0.05) is 10.4 Å². The number of halogens is 1. The average molecular weight is 259 g/mol. The van der Waals surface area contributed by atoms with Gasteiger partial charge in [0.2, 0.25) is 0 Å². The van der Waals surface area contributed by atoms with Crippen LogP contribution in [0.5, 0.6) is 0 Å². The molecular weight excluding hydrogens is 248 g/mol. The molecule has 4 heteroatoms. The molecule has 1 rings (SSSR count). The summed E-state index contributed by atoms with van der Waals surface area (Å²) >= 11 is 3.32. The summed E-state index contributed by atoms with van der Waals surface area (Å²) in [6.45, 7) is -0.158. The Balaban J connectivity index is 2.89. The monoisotopic (exact) mass is 258 g/mol. The van der Waals surface area contributed by atoms with Crippen LogP contribution in [0, 0.1) is 0 Å². The number of hydrogen-bond acceptors (Lipinski definition) is 2. The first-order valence-corrected chi connectivity index (χ1v) is 5.01. The van der Waals surface area contributed by atoms with Crippen LogP contribution in [0.2, 0.25) is 0 Å². The van der Waals surface area contributed by atoms with Gasteiger partial charge in [-0.2, -0.15) is 0 Å². The molecule has 0 radical (unpaired) electrons. The van der Waals surface area contributed by atoms with Crippen molar-refractivity contribution in [3.05, 3.63) is 34.3 Å². The fourth-order valence-corrected chi connectivity index (χ4v) is 1.90. The number of aliphatic carboxylic acids is 1. The number of carboxylic acid groups (broad SMARTS) is 1. The van der Waals surface area contributed by atoms with Gasteiger partial charge in [-0.25, -0.2) is 0 Å². The molecule has 76 valence electrons. The number of rotatable bonds is 4. The molecule has 0 fully saturated rings. The highest BCUT2D eigenvalue weighted by Gasteiger charge is 2.16. The Labute approximate surface area is 90.5 Å². The predicted octanol–water partition coefficient (Wildman–Crippen LogP) is 2.00. The second-order valence-electron chi connectivity index (χ2n) is 3.00. The number of aliphatic hydroxyl groups excluding tert-OH is 1. The van der Waals surface area contributed by atoms with Gasteiger partial charge in [0.05, 0.1) is 13.0 Å². The van der Waals surface area contributed by atoms with Crippen LogP contribution in [0.1, 0.15) is 17.9 Å². The maximum absolute atomic E-state index is 10.5. The van der Waals surface area contributed by atoms with E-state index in [1.54, 1.807) is 0 Å². The first kappa shape index (κ1) is 11.2. The Morgan fingerprint density at radius 2 is 2.07 bits per heavy atom. The van der Waals surface area contributed by atoms with E-state index < -0.39 is 5.97 Å². The minimum absolute atomic E-state index is 0.0564. The van der Waals surface area contributed by atoms with Gasteiger partial charge >= 0.3 is 5.97 Å². The van der Waals surface area contributed by atoms with Crippen molar-refractivity contribution in [2.24, 2.45) is 0 Å². The third kappa shape index (κ3) is 2.82. The van der Waals surface area contributed by atoms with Crippen molar-refractivity contribution in [3.8, 4) is 0 Å². The number of carbonyl (C=O) groups is 1. The van der Waals surface area contributed by atoms with Crippen molar-refractivity contribution in [1.82, 2.24) is 0 Å². The number of carboxylic acids is 1. The van der Waals surface area contributed by atoms with E-state index >= 15 is 0 Å². The predicted molar refractivity (Wildman–Crippen MR) is 56.2 cm³/mol. The molecule has 0 saturated heterocycles. The molecule has 0 heterocycles.